The van der Waals surface area contributed by atoms with Crippen LogP contribution >= 0.6 is 0 Å². The molecule has 55 heavy (non-hydrogen) atoms. The quantitative estimate of drug-likeness (QED) is 0.185. The molecule has 0 unspecified atom stereocenters. The van der Waals surface area contributed by atoms with E-state index in [4.69, 9.17) is 0 Å². The van der Waals surface area contributed by atoms with Crippen LogP contribution in [0.3, 0.4) is 0 Å². The van der Waals surface area contributed by atoms with Crippen LogP contribution in [0.5, 0.6) is 0 Å². The van der Waals surface area contributed by atoms with Crippen molar-refractivity contribution in [3.63, 3.8) is 0 Å². The van der Waals surface area contributed by atoms with Crippen molar-refractivity contribution >= 4 is 65.4 Å². The summed E-state index contributed by atoms with van der Waals surface area (Å²) in [6, 6.07) is 72.1. The normalized spacial score (nSPS) is 10.5. The first-order chi connectivity index (χ1) is 27.3. The summed E-state index contributed by atoms with van der Waals surface area (Å²) in [4.78, 5) is 3.38. The molecule has 1 N–H and O–H groups in total. The number of fused-ring (bicyclic) bond motifs is 9. The second kappa shape index (κ2) is 17.3. The van der Waals surface area contributed by atoms with Gasteiger partial charge in [0.2, 0.25) is 0 Å². The smallest absolute Gasteiger partial charge is 0.0541 e. The van der Waals surface area contributed by atoms with Gasteiger partial charge in [-0.25, -0.2) is 0 Å². The van der Waals surface area contributed by atoms with Crippen molar-refractivity contribution in [1.29, 1.82) is 0 Å². The molecule has 11 aromatic rings. The molecule has 0 aliphatic heterocycles. The first-order valence-electron chi connectivity index (χ1n) is 19.4. The Labute approximate surface area is 323 Å². The van der Waals surface area contributed by atoms with Crippen molar-refractivity contribution in [2.24, 2.45) is 0 Å². The van der Waals surface area contributed by atoms with E-state index in [1.807, 2.05) is 27.7 Å². The number of hydrogen-bond donors (Lipinski definition) is 1. The van der Waals surface area contributed by atoms with Gasteiger partial charge >= 0.3 is 0 Å². The van der Waals surface area contributed by atoms with E-state index < -0.39 is 0 Å². The molecular weight excluding hydrogens is 667 g/mol. The average molecular weight is 714 g/mol. The zero-order valence-corrected chi connectivity index (χ0v) is 32.0. The van der Waals surface area contributed by atoms with E-state index >= 15 is 0 Å². The second-order valence-electron chi connectivity index (χ2n) is 12.6. The standard InChI is InChI=1S/2C18H13N.C12H9N.2C2H6/c2*1-2-8-14(9-3-1)19-17-12-6-4-10-15(17)16-11-5-7-13-18(16)19;1-3-7-11-9(5-1)10-6-2-4-8-12(10)13-11;2*1-2/h2*1-13H;1-8,13H;2*1-2H3. The topological polar surface area (TPSA) is 25.6 Å². The molecule has 0 saturated heterocycles. The van der Waals surface area contributed by atoms with Gasteiger partial charge in [-0.2, -0.15) is 0 Å². The molecule has 0 radical (unpaired) electrons. The van der Waals surface area contributed by atoms with Crippen LogP contribution in [0.1, 0.15) is 27.7 Å². The van der Waals surface area contributed by atoms with Crippen molar-refractivity contribution in [3.05, 3.63) is 206 Å². The highest BCUT2D eigenvalue weighted by molar-refractivity contribution is 6.10. The molecule has 0 spiro atoms. The lowest BCUT2D eigenvalue weighted by molar-refractivity contribution is 1.18. The van der Waals surface area contributed by atoms with Crippen LogP contribution in [-0.2, 0) is 0 Å². The van der Waals surface area contributed by atoms with Gasteiger partial charge in [-0.05, 0) is 60.7 Å². The molecule has 3 nitrogen and oxygen atoms in total. The van der Waals surface area contributed by atoms with Gasteiger partial charge in [-0.1, -0.05) is 173 Å². The van der Waals surface area contributed by atoms with E-state index in [0.29, 0.717) is 0 Å². The van der Waals surface area contributed by atoms with Gasteiger partial charge in [0.15, 0.2) is 0 Å². The van der Waals surface area contributed by atoms with Gasteiger partial charge < -0.3 is 14.1 Å². The molecule has 0 aliphatic carbocycles. The predicted octanol–water partition coefficient (Wildman–Crippen LogP) is 14.9. The number of benzene rings is 8. The molecule has 3 aromatic heterocycles. The number of nitrogens with zero attached hydrogens (tertiary/aromatic N) is 2. The lowest BCUT2D eigenvalue weighted by atomic mass is 10.2. The average Bonchev–Trinajstić information content (AvgIpc) is 3.94. The second-order valence-corrected chi connectivity index (χ2v) is 12.6. The molecule has 0 fully saturated rings. The van der Waals surface area contributed by atoms with Crippen molar-refractivity contribution in [2.75, 3.05) is 0 Å². The predicted molar refractivity (Wildman–Crippen MR) is 240 cm³/mol. The van der Waals surface area contributed by atoms with Gasteiger partial charge in [-0.15, -0.1) is 0 Å². The molecule has 270 valence electrons. The monoisotopic (exact) mass is 713 g/mol. The summed E-state index contributed by atoms with van der Waals surface area (Å²) in [5, 5.41) is 7.84. The molecule has 0 bridgehead atoms. The van der Waals surface area contributed by atoms with Crippen LogP contribution < -0.4 is 0 Å². The Bertz CT molecular complexity index is 2600. The first-order valence-corrected chi connectivity index (χ1v) is 19.4. The largest absolute Gasteiger partial charge is 0.355 e. The molecule has 8 aromatic carbocycles. The number of aromatic nitrogens is 3. The minimum Gasteiger partial charge on any atom is -0.355 e. The van der Waals surface area contributed by atoms with Gasteiger partial charge in [-0.3, -0.25) is 0 Å². The maximum absolute atomic E-state index is 3.38. The fourth-order valence-corrected chi connectivity index (χ4v) is 7.35. The number of nitrogens with one attached hydrogen (secondary N) is 1. The van der Waals surface area contributed by atoms with Gasteiger partial charge in [0.05, 0.1) is 22.1 Å². The first kappa shape index (κ1) is 36.5. The van der Waals surface area contributed by atoms with Gasteiger partial charge in [0, 0.05) is 54.7 Å². The molecule has 0 aliphatic rings. The highest BCUT2D eigenvalue weighted by Crippen LogP contribution is 2.33. The number of para-hydroxylation sites is 8. The summed E-state index contributed by atoms with van der Waals surface area (Å²) in [6.07, 6.45) is 0. The Balaban J connectivity index is 0.000000123. The molecule has 0 saturated carbocycles. The minimum atomic E-state index is 1.21. The molecule has 0 amide bonds. The third-order valence-corrected chi connectivity index (χ3v) is 9.60. The highest BCUT2D eigenvalue weighted by Gasteiger charge is 2.11. The van der Waals surface area contributed by atoms with Crippen LogP contribution in [0.4, 0.5) is 0 Å². The van der Waals surface area contributed by atoms with Crippen molar-refractivity contribution in [3.8, 4) is 11.4 Å². The maximum atomic E-state index is 3.38. The lowest BCUT2D eigenvalue weighted by Gasteiger charge is -2.06. The van der Waals surface area contributed by atoms with Crippen molar-refractivity contribution in [2.45, 2.75) is 27.7 Å². The van der Waals surface area contributed by atoms with E-state index in [1.165, 1.54) is 76.8 Å². The van der Waals surface area contributed by atoms with Crippen LogP contribution in [-0.4, -0.2) is 14.1 Å². The van der Waals surface area contributed by atoms with Gasteiger partial charge in [0.1, 0.15) is 0 Å². The van der Waals surface area contributed by atoms with E-state index in [0.717, 1.165) is 0 Å². The van der Waals surface area contributed by atoms with Crippen LogP contribution in [0.25, 0.3) is 76.8 Å². The Morgan fingerprint density at radius 2 is 0.491 bits per heavy atom. The summed E-state index contributed by atoms with van der Waals surface area (Å²) in [5.41, 5.74) is 9.88. The van der Waals surface area contributed by atoms with E-state index in [-0.39, 0.29) is 0 Å². The van der Waals surface area contributed by atoms with E-state index in [2.05, 4.69) is 220 Å². The fourth-order valence-electron chi connectivity index (χ4n) is 7.35. The van der Waals surface area contributed by atoms with E-state index in [9.17, 15) is 0 Å². The lowest BCUT2D eigenvalue weighted by Crippen LogP contribution is -1.92. The molecule has 3 heterocycles. The van der Waals surface area contributed by atoms with Crippen molar-refractivity contribution < 1.29 is 0 Å². The molecule has 11 rings (SSSR count). The zero-order chi connectivity index (χ0) is 38.0. The number of aromatic amines is 1. The third-order valence-electron chi connectivity index (χ3n) is 9.60. The van der Waals surface area contributed by atoms with E-state index in [1.54, 1.807) is 0 Å². The highest BCUT2D eigenvalue weighted by atomic mass is 15.0. The van der Waals surface area contributed by atoms with Crippen LogP contribution in [0.15, 0.2) is 206 Å². The number of H-pyrrole nitrogens is 1. The molecule has 3 heteroatoms. The van der Waals surface area contributed by atoms with Crippen LogP contribution in [0, 0.1) is 0 Å². The SMILES string of the molecule is CC.CC.c1ccc(-n2c3ccccc3c3ccccc32)cc1.c1ccc(-n2c3ccccc3c3ccccc32)cc1.c1ccc2c(c1)[nH]c1ccccc12. The van der Waals surface area contributed by atoms with Gasteiger partial charge in [0.25, 0.3) is 0 Å². The maximum Gasteiger partial charge on any atom is 0.0541 e. The Hall–Kier alpha value is -6.84. The van der Waals surface area contributed by atoms with Crippen molar-refractivity contribution in [1.82, 2.24) is 14.1 Å². The Morgan fingerprint density at radius 1 is 0.255 bits per heavy atom. The third kappa shape index (κ3) is 7.25. The zero-order valence-electron chi connectivity index (χ0n) is 32.0. The number of hydrogen-bond acceptors (Lipinski definition) is 0. The molecule has 0 atom stereocenters. The fraction of sp³-hybridized carbons (Fsp3) is 0.0769. The number of rotatable bonds is 2. The summed E-state index contributed by atoms with van der Waals surface area (Å²) in [7, 11) is 0. The summed E-state index contributed by atoms with van der Waals surface area (Å²) in [6.45, 7) is 8.00. The summed E-state index contributed by atoms with van der Waals surface area (Å²) >= 11 is 0. The van der Waals surface area contributed by atoms with Crippen LogP contribution in [0.2, 0.25) is 0 Å². The molecular formula is C52H47N3. The summed E-state index contributed by atoms with van der Waals surface area (Å²) < 4.78 is 4.65. The minimum absolute atomic E-state index is 1.21. The Kier molecular flexibility index (Phi) is 11.5. The summed E-state index contributed by atoms with van der Waals surface area (Å²) in [5.74, 6) is 0. The Morgan fingerprint density at radius 3 is 0.800 bits per heavy atom.